The molecule has 0 saturated carbocycles. The van der Waals surface area contributed by atoms with Gasteiger partial charge in [0.25, 0.3) is 0 Å². The summed E-state index contributed by atoms with van der Waals surface area (Å²) in [6.45, 7) is 0. The van der Waals surface area contributed by atoms with E-state index < -0.39 is 0 Å². The first-order valence-electron chi connectivity index (χ1n) is 6.28. The molecule has 4 heteroatoms. The summed E-state index contributed by atoms with van der Waals surface area (Å²) in [6, 6.07) is 5.72. The standard InChI is InChI=1S/C14H17N3O/c1-18-10-6-7-11(15)14(8-10)17-9-16-12-4-2-3-5-13(12)17/h6-9H,2-5,15H2,1H3. The predicted octanol–water partition coefficient (Wildman–Crippen LogP) is 2.34. The molecule has 0 atom stereocenters. The number of hydrogen-bond acceptors (Lipinski definition) is 3. The predicted molar refractivity (Wildman–Crippen MR) is 71.2 cm³/mol. The van der Waals surface area contributed by atoms with E-state index in [4.69, 9.17) is 10.5 Å². The van der Waals surface area contributed by atoms with Crippen LogP contribution in [0.5, 0.6) is 5.75 Å². The molecule has 0 amide bonds. The van der Waals surface area contributed by atoms with Crippen LogP contribution in [0.4, 0.5) is 5.69 Å². The first-order valence-corrected chi connectivity index (χ1v) is 6.28. The summed E-state index contributed by atoms with van der Waals surface area (Å²) in [6.07, 6.45) is 6.49. The Hall–Kier alpha value is -1.97. The van der Waals surface area contributed by atoms with Crippen LogP contribution >= 0.6 is 0 Å². The number of methoxy groups -OCH3 is 1. The molecule has 1 aliphatic rings. The van der Waals surface area contributed by atoms with Gasteiger partial charge in [-0.05, 0) is 37.8 Å². The Bertz CT molecular complexity index is 574. The van der Waals surface area contributed by atoms with Crippen molar-refractivity contribution in [2.45, 2.75) is 25.7 Å². The third-order valence-corrected chi connectivity index (χ3v) is 3.53. The molecule has 0 saturated heterocycles. The lowest BCUT2D eigenvalue weighted by atomic mass is 10.0. The molecule has 0 aliphatic heterocycles. The number of nitrogen functional groups attached to an aromatic ring is 1. The Labute approximate surface area is 106 Å². The van der Waals surface area contributed by atoms with Gasteiger partial charge in [0.1, 0.15) is 5.75 Å². The number of hydrogen-bond donors (Lipinski definition) is 1. The third kappa shape index (κ3) is 1.74. The molecule has 0 bridgehead atoms. The number of ether oxygens (including phenoxy) is 1. The molecule has 94 valence electrons. The molecule has 0 unspecified atom stereocenters. The second-order valence-electron chi connectivity index (χ2n) is 4.64. The van der Waals surface area contributed by atoms with Gasteiger partial charge in [-0.25, -0.2) is 4.98 Å². The van der Waals surface area contributed by atoms with E-state index >= 15 is 0 Å². The molecular weight excluding hydrogens is 226 g/mol. The highest BCUT2D eigenvalue weighted by molar-refractivity contribution is 5.61. The molecule has 0 fully saturated rings. The molecule has 2 N–H and O–H groups in total. The van der Waals surface area contributed by atoms with Crippen molar-refractivity contribution in [3.63, 3.8) is 0 Å². The van der Waals surface area contributed by atoms with Crippen molar-refractivity contribution in [1.29, 1.82) is 0 Å². The highest BCUT2D eigenvalue weighted by Gasteiger charge is 2.17. The van der Waals surface area contributed by atoms with Crippen molar-refractivity contribution in [2.75, 3.05) is 12.8 Å². The van der Waals surface area contributed by atoms with Crippen LogP contribution in [0.3, 0.4) is 0 Å². The number of aromatic nitrogens is 2. The van der Waals surface area contributed by atoms with E-state index in [9.17, 15) is 0 Å². The molecule has 1 aliphatic carbocycles. The lowest BCUT2D eigenvalue weighted by Gasteiger charge is -2.16. The second kappa shape index (κ2) is 4.37. The lowest BCUT2D eigenvalue weighted by molar-refractivity contribution is 0.414. The van der Waals surface area contributed by atoms with Crippen LogP contribution in [-0.2, 0) is 12.8 Å². The summed E-state index contributed by atoms with van der Waals surface area (Å²) in [5.74, 6) is 0.817. The Kier molecular flexibility index (Phi) is 2.70. The fraction of sp³-hybridized carbons (Fsp3) is 0.357. The molecule has 0 spiro atoms. The fourth-order valence-corrected chi connectivity index (χ4v) is 2.54. The second-order valence-corrected chi connectivity index (χ2v) is 4.64. The van der Waals surface area contributed by atoms with Gasteiger partial charge in [0.2, 0.25) is 0 Å². The van der Waals surface area contributed by atoms with Gasteiger partial charge in [0, 0.05) is 11.8 Å². The van der Waals surface area contributed by atoms with E-state index in [0.717, 1.165) is 30.0 Å². The number of fused-ring (bicyclic) bond motifs is 1. The molecule has 1 aromatic carbocycles. The van der Waals surface area contributed by atoms with Crippen molar-refractivity contribution in [2.24, 2.45) is 0 Å². The summed E-state index contributed by atoms with van der Waals surface area (Å²) < 4.78 is 7.37. The van der Waals surface area contributed by atoms with Gasteiger partial charge in [-0.1, -0.05) is 0 Å². The minimum atomic E-state index is 0.751. The SMILES string of the molecule is COc1ccc(N)c(-n2cnc3c2CCCC3)c1. The number of nitrogens with two attached hydrogens (primary N) is 1. The zero-order valence-corrected chi connectivity index (χ0v) is 10.5. The van der Waals surface area contributed by atoms with Gasteiger partial charge in [-0.15, -0.1) is 0 Å². The van der Waals surface area contributed by atoms with Crippen molar-refractivity contribution >= 4 is 5.69 Å². The van der Waals surface area contributed by atoms with Crippen LogP contribution in [0.2, 0.25) is 0 Å². The van der Waals surface area contributed by atoms with Gasteiger partial charge in [0.15, 0.2) is 0 Å². The smallest absolute Gasteiger partial charge is 0.121 e. The first-order chi connectivity index (χ1) is 8.79. The summed E-state index contributed by atoms with van der Waals surface area (Å²) in [5.41, 5.74) is 10.3. The lowest BCUT2D eigenvalue weighted by Crippen LogP contribution is -2.08. The zero-order valence-electron chi connectivity index (χ0n) is 10.5. The zero-order chi connectivity index (χ0) is 12.5. The van der Waals surface area contributed by atoms with Gasteiger partial charge in [0.05, 0.1) is 30.5 Å². The molecule has 18 heavy (non-hydrogen) atoms. The average Bonchev–Trinajstić information content (AvgIpc) is 2.83. The molecule has 3 rings (SSSR count). The maximum Gasteiger partial charge on any atom is 0.121 e. The van der Waals surface area contributed by atoms with Crippen molar-refractivity contribution < 1.29 is 4.74 Å². The molecule has 1 aromatic heterocycles. The Morgan fingerprint density at radius 2 is 2.11 bits per heavy atom. The third-order valence-electron chi connectivity index (χ3n) is 3.53. The van der Waals surface area contributed by atoms with Crippen LogP contribution < -0.4 is 10.5 Å². The fourth-order valence-electron chi connectivity index (χ4n) is 2.54. The van der Waals surface area contributed by atoms with Gasteiger partial charge < -0.3 is 15.0 Å². The monoisotopic (exact) mass is 243 g/mol. The molecule has 1 heterocycles. The van der Waals surface area contributed by atoms with E-state index in [0.29, 0.717) is 0 Å². The van der Waals surface area contributed by atoms with Gasteiger partial charge in [-0.2, -0.15) is 0 Å². The van der Waals surface area contributed by atoms with E-state index in [1.165, 1.54) is 24.2 Å². The molecule has 0 radical (unpaired) electrons. The molecule has 2 aromatic rings. The maximum atomic E-state index is 6.06. The van der Waals surface area contributed by atoms with Crippen LogP contribution in [0.1, 0.15) is 24.2 Å². The van der Waals surface area contributed by atoms with Crippen LogP contribution in [0.25, 0.3) is 5.69 Å². The highest BCUT2D eigenvalue weighted by atomic mass is 16.5. The summed E-state index contributed by atoms with van der Waals surface area (Å²) in [5, 5.41) is 0. The number of benzene rings is 1. The average molecular weight is 243 g/mol. The van der Waals surface area contributed by atoms with Crippen LogP contribution in [0.15, 0.2) is 24.5 Å². The number of imidazole rings is 1. The summed E-state index contributed by atoms with van der Waals surface area (Å²) >= 11 is 0. The van der Waals surface area contributed by atoms with Crippen molar-refractivity contribution in [3.8, 4) is 11.4 Å². The maximum absolute atomic E-state index is 6.06. The van der Waals surface area contributed by atoms with Crippen molar-refractivity contribution in [3.05, 3.63) is 35.9 Å². The Balaban J connectivity index is 2.11. The quantitative estimate of drug-likeness (QED) is 0.824. The molecule has 4 nitrogen and oxygen atoms in total. The summed E-state index contributed by atoms with van der Waals surface area (Å²) in [7, 11) is 1.67. The number of aryl methyl sites for hydroxylation is 1. The van der Waals surface area contributed by atoms with Crippen LogP contribution in [0, 0.1) is 0 Å². The number of rotatable bonds is 2. The molecular formula is C14H17N3O. The largest absolute Gasteiger partial charge is 0.497 e. The van der Waals surface area contributed by atoms with Gasteiger partial charge in [-0.3, -0.25) is 0 Å². The van der Waals surface area contributed by atoms with E-state index in [1.807, 2.05) is 24.5 Å². The minimum absolute atomic E-state index is 0.751. The van der Waals surface area contributed by atoms with E-state index in [2.05, 4.69) is 9.55 Å². The Morgan fingerprint density at radius 3 is 2.94 bits per heavy atom. The van der Waals surface area contributed by atoms with Crippen LogP contribution in [-0.4, -0.2) is 16.7 Å². The van der Waals surface area contributed by atoms with Crippen molar-refractivity contribution in [1.82, 2.24) is 9.55 Å². The number of anilines is 1. The number of nitrogens with zero attached hydrogens (tertiary/aromatic N) is 2. The summed E-state index contributed by atoms with van der Waals surface area (Å²) in [4.78, 5) is 4.50. The topological polar surface area (TPSA) is 53.1 Å². The van der Waals surface area contributed by atoms with E-state index in [-0.39, 0.29) is 0 Å². The first kappa shape index (κ1) is 11.1. The normalized spacial score (nSPS) is 14.3. The Morgan fingerprint density at radius 1 is 1.28 bits per heavy atom. The van der Waals surface area contributed by atoms with Gasteiger partial charge >= 0.3 is 0 Å². The highest BCUT2D eigenvalue weighted by Crippen LogP contribution is 2.28. The minimum Gasteiger partial charge on any atom is -0.497 e. The van der Waals surface area contributed by atoms with E-state index in [1.54, 1.807) is 7.11 Å².